The van der Waals surface area contributed by atoms with E-state index in [1.807, 2.05) is 6.92 Å². The Morgan fingerprint density at radius 1 is 1.77 bits per heavy atom. The van der Waals surface area contributed by atoms with Crippen LogP contribution in [0, 0.1) is 0 Å². The van der Waals surface area contributed by atoms with Crippen molar-refractivity contribution in [1.82, 2.24) is 15.2 Å². The fourth-order valence-corrected chi connectivity index (χ4v) is 1.38. The van der Waals surface area contributed by atoms with Crippen molar-refractivity contribution in [2.45, 2.75) is 30.7 Å². The highest BCUT2D eigenvalue weighted by Crippen LogP contribution is 2.18. The molecule has 0 saturated heterocycles. The second-order valence-corrected chi connectivity index (χ2v) is 3.82. The van der Waals surface area contributed by atoms with Gasteiger partial charge in [-0.1, -0.05) is 18.7 Å². The molecule has 0 spiro atoms. The van der Waals surface area contributed by atoms with E-state index in [0.717, 1.165) is 24.0 Å². The molecule has 13 heavy (non-hydrogen) atoms. The topological polar surface area (TPSA) is 78.9 Å². The molecule has 2 N–H and O–H groups in total. The molecule has 1 aromatic heterocycles. The van der Waals surface area contributed by atoms with Crippen molar-refractivity contribution in [3.8, 4) is 0 Å². The van der Waals surface area contributed by atoms with Crippen LogP contribution in [-0.2, 0) is 11.2 Å². The number of aryl methyl sites for hydroxylation is 1. The Morgan fingerprint density at radius 3 is 2.92 bits per heavy atom. The lowest BCUT2D eigenvalue weighted by Gasteiger charge is -1.99. The number of hydrogen-bond acceptors (Lipinski definition) is 4. The van der Waals surface area contributed by atoms with Crippen molar-refractivity contribution in [2.75, 3.05) is 0 Å². The molecule has 0 radical (unpaired) electrons. The Balaban J connectivity index is 2.58. The zero-order valence-electron chi connectivity index (χ0n) is 7.44. The highest BCUT2D eigenvalue weighted by Gasteiger charge is 2.14. The third-order valence-corrected chi connectivity index (χ3v) is 2.42. The number of carbonyl (C=O) groups is 1. The molecule has 1 aromatic rings. The molecule has 0 aromatic carbocycles. The highest BCUT2D eigenvalue weighted by atomic mass is 32.2. The van der Waals surface area contributed by atoms with Gasteiger partial charge in [0.2, 0.25) is 5.16 Å². The van der Waals surface area contributed by atoms with Gasteiger partial charge in [-0.3, -0.25) is 9.89 Å². The van der Waals surface area contributed by atoms with Crippen LogP contribution >= 0.6 is 11.8 Å². The fourth-order valence-electron chi connectivity index (χ4n) is 0.697. The second kappa shape index (κ2) is 4.27. The maximum Gasteiger partial charge on any atom is 0.316 e. The third-order valence-electron chi connectivity index (χ3n) is 1.48. The Bertz CT molecular complexity index is 300. The van der Waals surface area contributed by atoms with Crippen molar-refractivity contribution in [1.29, 1.82) is 0 Å². The zero-order chi connectivity index (χ0) is 9.84. The molecule has 0 saturated carbocycles. The van der Waals surface area contributed by atoms with E-state index in [-0.39, 0.29) is 0 Å². The maximum atomic E-state index is 10.5. The molecule has 1 atom stereocenters. The van der Waals surface area contributed by atoms with E-state index >= 15 is 0 Å². The van der Waals surface area contributed by atoms with Crippen LogP contribution in [-0.4, -0.2) is 31.5 Å². The van der Waals surface area contributed by atoms with Gasteiger partial charge < -0.3 is 5.11 Å². The Labute approximate surface area is 80.0 Å². The molecular formula is C7H11N3O2S. The van der Waals surface area contributed by atoms with Gasteiger partial charge in [-0.05, 0) is 6.92 Å². The van der Waals surface area contributed by atoms with E-state index in [2.05, 4.69) is 15.2 Å². The predicted octanol–water partition coefficient (Wildman–Crippen LogP) is 0.932. The molecule has 0 unspecified atom stereocenters. The fraction of sp³-hybridized carbons (Fsp3) is 0.571. The first-order valence-corrected chi connectivity index (χ1v) is 4.82. The van der Waals surface area contributed by atoms with Gasteiger partial charge in [0.25, 0.3) is 0 Å². The minimum Gasteiger partial charge on any atom is -0.480 e. The molecule has 5 nitrogen and oxygen atoms in total. The summed E-state index contributed by atoms with van der Waals surface area (Å²) in [6.07, 6.45) is 0.773. The van der Waals surface area contributed by atoms with Gasteiger partial charge in [0.05, 0.1) is 0 Å². The van der Waals surface area contributed by atoms with Crippen LogP contribution in [0.25, 0.3) is 0 Å². The molecule has 1 rings (SSSR count). The maximum absolute atomic E-state index is 10.5. The summed E-state index contributed by atoms with van der Waals surface area (Å²) in [7, 11) is 0. The van der Waals surface area contributed by atoms with E-state index in [4.69, 9.17) is 5.11 Å². The quantitative estimate of drug-likeness (QED) is 0.708. The smallest absolute Gasteiger partial charge is 0.316 e. The normalized spacial score (nSPS) is 12.8. The average molecular weight is 201 g/mol. The van der Waals surface area contributed by atoms with Gasteiger partial charge in [0.15, 0.2) is 0 Å². The highest BCUT2D eigenvalue weighted by molar-refractivity contribution is 8.00. The number of nitrogens with one attached hydrogen (secondary N) is 1. The second-order valence-electron chi connectivity index (χ2n) is 2.52. The van der Waals surface area contributed by atoms with E-state index in [0.29, 0.717) is 5.16 Å². The first kappa shape index (κ1) is 10.0. The summed E-state index contributed by atoms with van der Waals surface area (Å²) in [6, 6.07) is 0. The van der Waals surface area contributed by atoms with E-state index in [9.17, 15) is 4.79 Å². The van der Waals surface area contributed by atoms with Gasteiger partial charge in [-0.2, -0.15) is 0 Å². The third kappa shape index (κ3) is 2.73. The lowest BCUT2D eigenvalue weighted by Crippen LogP contribution is -2.11. The number of aromatic amines is 1. The van der Waals surface area contributed by atoms with Crippen LogP contribution in [0.4, 0.5) is 0 Å². The molecule has 0 aliphatic heterocycles. The van der Waals surface area contributed by atoms with Crippen molar-refractivity contribution >= 4 is 17.7 Å². The van der Waals surface area contributed by atoms with Crippen LogP contribution in [0.5, 0.6) is 0 Å². The van der Waals surface area contributed by atoms with Crippen LogP contribution in [0.2, 0.25) is 0 Å². The molecular weight excluding hydrogens is 190 g/mol. The number of nitrogens with zero attached hydrogens (tertiary/aromatic N) is 2. The SMILES string of the molecule is CCc1nc(S[C@H](C)C(=O)O)n[nH]1. The average Bonchev–Trinajstić information content (AvgIpc) is 2.52. The van der Waals surface area contributed by atoms with E-state index < -0.39 is 11.2 Å². The number of hydrogen-bond donors (Lipinski definition) is 2. The number of rotatable bonds is 4. The molecule has 72 valence electrons. The van der Waals surface area contributed by atoms with Crippen molar-refractivity contribution in [2.24, 2.45) is 0 Å². The summed E-state index contributed by atoms with van der Waals surface area (Å²) in [5.74, 6) is -0.0760. The minimum atomic E-state index is -0.854. The Kier molecular flexibility index (Phi) is 3.30. The zero-order valence-corrected chi connectivity index (χ0v) is 8.26. The number of H-pyrrole nitrogens is 1. The Morgan fingerprint density at radius 2 is 2.46 bits per heavy atom. The first-order chi connectivity index (χ1) is 6.13. The first-order valence-electron chi connectivity index (χ1n) is 3.94. The summed E-state index contributed by atoms with van der Waals surface area (Å²) >= 11 is 1.13. The minimum absolute atomic E-state index is 0.492. The van der Waals surface area contributed by atoms with Gasteiger partial charge in [0.1, 0.15) is 11.1 Å². The summed E-state index contributed by atoms with van der Waals surface area (Å²) in [5, 5.41) is 15.2. The number of thioether (sulfide) groups is 1. The van der Waals surface area contributed by atoms with Crippen molar-refractivity contribution in [3.05, 3.63) is 5.82 Å². The van der Waals surface area contributed by atoms with Gasteiger partial charge in [0, 0.05) is 6.42 Å². The van der Waals surface area contributed by atoms with Gasteiger partial charge >= 0.3 is 5.97 Å². The number of carboxylic acid groups (broad SMARTS) is 1. The van der Waals surface area contributed by atoms with Gasteiger partial charge in [-0.15, -0.1) is 5.10 Å². The Hall–Kier alpha value is -1.04. The lowest BCUT2D eigenvalue weighted by atomic mass is 10.5. The largest absolute Gasteiger partial charge is 0.480 e. The lowest BCUT2D eigenvalue weighted by molar-refractivity contribution is -0.136. The van der Waals surface area contributed by atoms with Crippen LogP contribution in [0.3, 0.4) is 0 Å². The van der Waals surface area contributed by atoms with Crippen LogP contribution < -0.4 is 0 Å². The van der Waals surface area contributed by atoms with Crippen molar-refractivity contribution < 1.29 is 9.90 Å². The summed E-state index contributed by atoms with van der Waals surface area (Å²) in [4.78, 5) is 14.6. The summed E-state index contributed by atoms with van der Waals surface area (Å²) < 4.78 is 0. The molecule has 1 heterocycles. The van der Waals surface area contributed by atoms with Gasteiger partial charge in [-0.25, -0.2) is 4.98 Å². The molecule has 0 aliphatic rings. The summed E-state index contributed by atoms with van der Waals surface area (Å²) in [5.41, 5.74) is 0. The predicted molar refractivity (Wildman–Crippen MR) is 48.7 cm³/mol. The standard InChI is InChI=1S/C7H11N3O2S/c1-3-5-8-7(10-9-5)13-4(2)6(11)12/h4H,3H2,1-2H3,(H,11,12)(H,8,9,10)/t4-/m1/s1. The molecule has 0 bridgehead atoms. The van der Waals surface area contributed by atoms with E-state index in [1.165, 1.54) is 0 Å². The number of aromatic nitrogens is 3. The van der Waals surface area contributed by atoms with E-state index in [1.54, 1.807) is 6.92 Å². The molecule has 0 fully saturated rings. The number of carboxylic acids is 1. The molecule has 0 aliphatic carbocycles. The van der Waals surface area contributed by atoms with Crippen LogP contribution in [0.15, 0.2) is 5.16 Å². The van der Waals surface area contributed by atoms with Crippen molar-refractivity contribution in [3.63, 3.8) is 0 Å². The monoisotopic (exact) mass is 201 g/mol. The summed E-state index contributed by atoms with van der Waals surface area (Å²) in [6.45, 7) is 3.56. The van der Waals surface area contributed by atoms with Crippen LogP contribution in [0.1, 0.15) is 19.7 Å². The molecule has 6 heteroatoms. The number of aliphatic carboxylic acids is 1. The molecule has 0 amide bonds.